The Balaban J connectivity index is 2.36. The lowest BCUT2D eigenvalue weighted by molar-refractivity contribution is -0.140. The standard InChI is InChI=1S/C14H19NO3/c1-8(2)18-11-5-4-10-6-9(3)15-13(14(16)17)12(10)7-11/h4-5,7-9,13,15H,6H2,1-3H3,(H,16,17). The monoisotopic (exact) mass is 249 g/mol. The van der Waals surface area contributed by atoms with Gasteiger partial charge < -0.3 is 9.84 Å². The predicted molar refractivity (Wildman–Crippen MR) is 68.9 cm³/mol. The van der Waals surface area contributed by atoms with Crippen LogP contribution in [0.5, 0.6) is 5.75 Å². The highest BCUT2D eigenvalue weighted by molar-refractivity contribution is 5.77. The van der Waals surface area contributed by atoms with E-state index in [2.05, 4.69) is 5.32 Å². The minimum atomic E-state index is -0.843. The van der Waals surface area contributed by atoms with Crippen LogP contribution in [0.2, 0.25) is 0 Å². The van der Waals surface area contributed by atoms with Crippen LogP contribution in [0.25, 0.3) is 0 Å². The van der Waals surface area contributed by atoms with Gasteiger partial charge in [0.2, 0.25) is 0 Å². The summed E-state index contributed by atoms with van der Waals surface area (Å²) in [6.07, 6.45) is 0.933. The number of aliphatic carboxylic acids is 1. The van der Waals surface area contributed by atoms with Crippen molar-refractivity contribution >= 4 is 5.97 Å². The molecule has 2 N–H and O–H groups in total. The van der Waals surface area contributed by atoms with Crippen molar-refractivity contribution in [2.45, 2.75) is 45.4 Å². The highest BCUT2D eigenvalue weighted by Gasteiger charge is 2.29. The van der Waals surface area contributed by atoms with E-state index in [1.54, 1.807) is 0 Å². The van der Waals surface area contributed by atoms with Crippen LogP contribution in [-0.4, -0.2) is 23.2 Å². The summed E-state index contributed by atoms with van der Waals surface area (Å²) in [5.74, 6) is -0.115. The van der Waals surface area contributed by atoms with Gasteiger partial charge in [-0.3, -0.25) is 10.1 Å². The van der Waals surface area contributed by atoms with E-state index in [1.165, 1.54) is 0 Å². The van der Waals surface area contributed by atoms with E-state index >= 15 is 0 Å². The van der Waals surface area contributed by atoms with Gasteiger partial charge in [0.15, 0.2) is 0 Å². The maximum absolute atomic E-state index is 11.3. The maximum Gasteiger partial charge on any atom is 0.325 e. The zero-order chi connectivity index (χ0) is 13.3. The fraction of sp³-hybridized carbons (Fsp3) is 0.500. The largest absolute Gasteiger partial charge is 0.491 e. The zero-order valence-electron chi connectivity index (χ0n) is 10.9. The Morgan fingerprint density at radius 1 is 1.50 bits per heavy atom. The molecule has 1 heterocycles. The molecule has 0 bridgehead atoms. The van der Waals surface area contributed by atoms with Crippen LogP contribution >= 0.6 is 0 Å². The minimum absolute atomic E-state index is 0.0850. The second kappa shape index (κ2) is 4.98. The average Bonchev–Trinajstić information content (AvgIpc) is 2.27. The molecule has 2 atom stereocenters. The third-order valence-corrected chi connectivity index (χ3v) is 3.02. The Morgan fingerprint density at radius 2 is 2.22 bits per heavy atom. The van der Waals surface area contributed by atoms with Crippen molar-refractivity contribution in [1.29, 1.82) is 0 Å². The molecule has 2 rings (SSSR count). The van der Waals surface area contributed by atoms with Crippen LogP contribution in [0.3, 0.4) is 0 Å². The van der Waals surface area contributed by atoms with E-state index in [9.17, 15) is 9.90 Å². The van der Waals surface area contributed by atoms with Crippen LogP contribution < -0.4 is 10.1 Å². The van der Waals surface area contributed by atoms with Crippen LogP contribution in [-0.2, 0) is 11.2 Å². The van der Waals surface area contributed by atoms with Crippen molar-refractivity contribution in [3.05, 3.63) is 29.3 Å². The Labute approximate surface area is 107 Å². The SMILES string of the molecule is CC1Cc2ccc(OC(C)C)cc2C(C(=O)O)N1. The summed E-state index contributed by atoms with van der Waals surface area (Å²) in [4.78, 5) is 11.3. The van der Waals surface area contributed by atoms with Crippen molar-refractivity contribution in [1.82, 2.24) is 5.32 Å². The lowest BCUT2D eigenvalue weighted by Crippen LogP contribution is -2.41. The van der Waals surface area contributed by atoms with Crippen molar-refractivity contribution in [2.24, 2.45) is 0 Å². The lowest BCUT2D eigenvalue weighted by atomic mass is 9.90. The Morgan fingerprint density at radius 3 is 2.83 bits per heavy atom. The van der Waals surface area contributed by atoms with E-state index in [0.29, 0.717) is 0 Å². The second-order valence-electron chi connectivity index (χ2n) is 5.07. The number of rotatable bonds is 3. The molecular weight excluding hydrogens is 230 g/mol. The molecule has 2 unspecified atom stereocenters. The molecule has 1 aliphatic heterocycles. The number of carboxylic acid groups (broad SMARTS) is 1. The molecule has 0 spiro atoms. The van der Waals surface area contributed by atoms with Gasteiger partial charge in [0, 0.05) is 6.04 Å². The quantitative estimate of drug-likeness (QED) is 0.861. The number of fused-ring (bicyclic) bond motifs is 1. The number of ether oxygens (including phenoxy) is 1. The first-order valence-electron chi connectivity index (χ1n) is 6.25. The van der Waals surface area contributed by atoms with Gasteiger partial charge in [-0.25, -0.2) is 0 Å². The van der Waals surface area contributed by atoms with Crippen LogP contribution in [0.15, 0.2) is 18.2 Å². The molecule has 0 fully saturated rings. The molecule has 1 aromatic carbocycles. The van der Waals surface area contributed by atoms with Crippen molar-refractivity contribution in [3.8, 4) is 5.75 Å². The maximum atomic E-state index is 11.3. The van der Waals surface area contributed by atoms with E-state index < -0.39 is 12.0 Å². The van der Waals surface area contributed by atoms with Gasteiger partial charge in [-0.05, 0) is 50.5 Å². The molecule has 0 saturated carbocycles. The van der Waals surface area contributed by atoms with Gasteiger partial charge in [-0.15, -0.1) is 0 Å². The first kappa shape index (κ1) is 12.9. The zero-order valence-corrected chi connectivity index (χ0v) is 10.9. The third kappa shape index (κ3) is 2.64. The Bertz CT molecular complexity index is 456. The molecule has 1 aliphatic rings. The molecule has 0 saturated heterocycles. The minimum Gasteiger partial charge on any atom is -0.491 e. The number of hydrogen-bond acceptors (Lipinski definition) is 3. The molecule has 98 valence electrons. The Hall–Kier alpha value is -1.55. The fourth-order valence-electron chi connectivity index (χ4n) is 2.34. The lowest BCUT2D eigenvalue weighted by Gasteiger charge is -2.29. The first-order chi connectivity index (χ1) is 8.47. The van der Waals surface area contributed by atoms with Gasteiger partial charge >= 0.3 is 5.97 Å². The molecule has 4 heteroatoms. The number of nitrogens with one attached hydrogen (secondary N) is 1. The van der Waals surface area contributed by atoms with E-state index in [-0.39, 0.29) is 12.1 Å². The van der Waals surface area contributed by atoms with Gasteiger partial charge in [-0.1, -0.05) is 6.07 Å². The number of carbonyl (C=O) groups is 1. The molecule has 18 heavy (non-hydrogen) atoms. The molecule has 0 amide bonds. The molecular formula is C14H19NO3. The topological polar surface area (TPSA) is 58.6 Å². The van der Waals surface area contributed by atoms with Crippen LogP contribution in [0.4, 0.5) is 0 Å². The molecule has 1 aromatic rings. The first-order valence-corrected chi connectivity index (χ1v) is 6.25. The smallest absolute Gasteiger partial charge is 0.325 e. The predicted octanol–water partition coefficient (Wildman–Crippen LogP) is 2.13. The summed E-state index contributed by atoms with van der Waals surface area (Å²) in [6.45, 7) is 5.90. The highest BCUT2D eigenvalue weighted by atomic mass is 16.5. The van der Waals surface area contributed by atoms with Crippen molar-refractivity contribution < 1.29 is 14.6 Å². The normalized spacial score (nSPS) is 22.7. The summed E-state index contributed by atoms with van der Waals surface area (Å²) in [6, 6.07) is 5.26. The molecule has 0 aromatic heterocycles. The summed E-state index contributed by atoms with van der Waals surface area (Å²) < 4.78 is 5.61. The average molecular weight is 249 g/mol. The van der Waals surface area contributed by atoms with Gasteiger partial charge in [0.05, 0.1) is 6.10 Å². The van der Waals surface area contributed by atoms with Crippen LogP contribution in [0, 0.1) is 0 Å². The highest BCUT2D eigenvalue weighted by Crippen LogP contribution is 2.29. The van der Waals surface area contributed by atoms with Gasteiger partial charge in [-0.2, -0.15) is 0 Å². The van der Waals surface area contributed by atoms with E-state index in [4.69, 9.17) is 4.74 Å². The summed E-state index contributed by atoms with van der Waals surface area (Å²) in [5, 5.41) is 12.4. The van der Waals surface area contributed by atoms with E-state index in [0.717, 1.165) is 23.3 Å². The number of carboxylic acids is 1. The fourth-order valence-corrected chi connectivity index (χ4v) is 2.34. The number of benzene rings is 1. The molecule has 0 radical (unpaired) electrons. The van der Waals surface area contributed by atoms with Gasteiger partial charge in [0.1, 0.15) is 11.8 Å². The van der Waals surface area contributed by atoms with Crippen molar-refractivity contribution in [3.63, 3.8) is 0 Å². The van der Waals surface area contributed by atoms with Crippen molar-refractivity contribution in [2.75, 3.05) is 0 Å². The summed E-state index contributed by atoms with van der Waals surface area (Å²) in [5.41, 5.74) is 1.91. The summed E-state index contributed by atoms with van der Waals surface area (Å²) >= 11 is 0. The molecule has 0 aliphatic carbocycles. The Kier molecular flexibility index (Phi) is 3.57. The third-order valence-electron chi connectivity index (χ3n) is 3.02. The summed E-state index contributed by atoms with van der Waals surface area (Å²) in [7, 11) is 0. The van der Waals surface area contributed by atoms with Crippen LogP contribution in [0.1, 0.15) is 37.9 Å². The molecule has 4 nitrogen and oxygen atoms in total. The van der Waals surface area contributed by atoms with E-state index in [1.807, 2.05) is 39.0 Å². The number of hydrogen-bond donors (Lipinski definition) is 2. The second-order valence-corrected chi connectivity index (χ2v) is 5.07. The van der Waals surface area contributed by atoms with Gasteiger partial charge in [0.25, 0.3) is 0 Å².